The Hall–Kier alpha value is -3.34. The predicted molar refractivity (Wildman–Crippen MR) is 99.4 cm³/mol. The fraction of sp³-hybridized carbons (Fsp3) is 0.278. The normalized spacial score (nSPS) is 11.1. The van der Waals surface area contributed by atoms with Gasteiger partial charge in [-0.05, 0) is 30.3 Å². The van der Waals surface area contributed by atoms with E-state index in [9.17, 15) is 28.1 Å². The number of carbonyl (C=O) groups is 1. The standard InChI is InChI=1S/C18H18F3N3O5/c1-22-13-5-3-11(9-15(13)24(26)27)17(25)23-14-10-12(18(19,20)21)4-6-16(14)29-8-7-28-2/h3-6,9-10,22H,7-8H2,1-2H3,(H,23,25). The highest BCUT2D eigenvalue weighted by molar-refractivity contribution is 6.05. The lowest BCUT2D eigenvalue weighted by Gasteiger charge is -2.15. The van der Waals surface area contributed by atoms with E-state index in [1.165, 1.54) is 26.3 Å². The summed E-state index contributed by atoms with van der Waals surface area (Å²) in [6, 6.07) is 6.31. The topological polar surface area (TPSA) is 103 Å². The summed E-state index contributed by atoms with van der Waals surface area (Å²) in [5.74, 6) is -0.823. The highest BCUT2D eigenvalue weighted by Gasteiger charge is 2.31. The second-order valence-electron chi connectivity index (χ2n) is 5.74. The van der Waals surface area contributed by atoms with Crippen LogP contribution in [0.5, 0.6) is 5.75 Å². The number of benzene rings is 2. The molecular weight excluding hydrogens is 395 g/mol. The number of nitrogens with one attached hydrogen (secondary N) is 2. The van der Waals surface area contributed by atoms with E-state index >= 15 is 0 Å². The maximum Gasteiger partial charge on any atom is 0.416 e. The number of carbonyl (C=O) groups excluding carboxylic acids is 1. The third kappa shape index (κ3) is 5.57. The molecular formula is C18H18F3N3O5. The number of nitro benzene ring substituents is 1. The fourth-order valence-electron chi connectivity index (χ4n) is 2.39. The summed E-state index contributed by atoms with van der Waals surface area (Å²) in [4.78, 5) is 23.0. The molecule has 156 valence electrons. The van der Waals surface area contributed by atoms with Crippen LogP contribution in [0.25, 0.3) is 0 Å². The van der Waals surface area contributed by atoms with Crippen LogP contribution in [-0.4, -0.2) is 38.2 Å². The lowest BCUT2D eigenvalue weighted by molar-refractivity contribution is -0.384. The van der Waals surface area contributed by atoms with Gasteiger partial charge in [-0.15, -0.1) is 0 Å². The Morgan fingerprint density at radius 2 is 1.86 bits per heavy atom. The van der Waals surface area contributed by atoms with Crippen LogP contribution in [0.15, 0.2) is 36.4 Å². The van der Waals surface area contributed by atoms with Crippen LogP contribution in [-0.2, 0) is 10.9 Å². The van der Waals surface area contributed by atoms with Crippen molar-refractivity contribution in [2.75, 3.05) is 38.0 Å². The molecule has 1 amide bonds. The molecule has 0 spiro atoms. The van der Waals surface area contributed by atoms with Crippen LogP contribution in [0, 0.1) is 10.1 Å². The Labute approximate surface area is 163 Å². The lowest BCUT2D eigenvalue weighted by atomic mass is 10.1. The van der Waals surface area contributed by atoms with Gasteiger partial charge in [0.2, 0.25) is 0 Å². The summed E-state index contributed by atoms with van der Waals surface area (Å²) >= 11 is 0. The lowest BCUT2D eigenvalue weighted by Crippen LogP contribution is -2.15. The minimum absolute atomic E-state index is 0.00439. The molecule has 29 heavy (non-hydrogen) atoms. The molecule has 2 N–H and O–H groups in total. The number of alkyl halides is 3. The molecule has 8 nitrogen and oxygen atoms in total. The number of amides is 1. The number of hydrogen-bond donors (Lipinski definition) is 2. The molecule has 0 bridgehead atoms. The summed E-state index contributed by atoms with van der Waals surface area (Å²) in [6.07, 6.45) is -4.63. The van der Waals surface area contributed by atoms with Crippen LogP contribution in [0.4, 0.5) is 30.2 Å². The van der Waals surface area contributed by atoms with Gasteiger partial charge in [-0.3, -0.25) is 14.9 Å². The summed E-state index contributed by atoms with van der Waals surface area (Å²) in [7, 11) is 2.91. The van der Waals surface area contributed by atoms with Crippen molar-refractivity contribution in [3.8, 4) is 5.75 Å². The smallest absolute Gasteiger partial charge is 0.416 e. The molecule has 11 heteroatoms. The number of rotatable bonds is 8. The van der Waals surface area contributed by atoms with E-state index in [1.807, 2.05) is 0 Å². The number of nitro groups is 1. The Bertz CT molecular complexity index is 903. The minimum Gasteiger partial charge on any atom is -0.489 e. The van der Waals surface area contributed by atoms with E-state index in [0.717, 1.165) is 24.3 Å². The van der Waals surface area contributed by atoms with Gasteiger partial charge in [0.1, 0.15) is 18.0 Å². The first kappa shape index (κ1) is 22.0. The van der Waals surface area contributed by atoms with E-state index in [-0.39, 0.29) is 41.6 Å². The molecule has 0 unspecified atom stereocenters. The van der Waals surface area contributed by atoms with Gasteiger partial charge in [-0.2, -0.15) is 13.2 Å². The maximum absolute atomic E-state index is 13.0. The van der Waals surface area contributed by atoms with Gasteiger partial charge < -0.3 is 20.1 Å². The predicted octanol–water partition coefficient (Wildman–Crippen LogP) is 3.93. The van der Waals surface area contributed by atoms with E-state index in [1.54, 1.807) is 0 Å². The highest BCUT2D eigenvalue weighted by atomic mass is 19.4. The summed E-state index contributed by atoms with van der Waals surface area (Å²) in [6.45, 7) is 0.235. The first-order valence-corrected chi connectivity index (χ1v) is 8.28. The van der Waals surface area contributed by atoms with Crippen molar-refractivity contribution in [1.29, 1.82) is 0 Å². The minimum atomic E-state index is -4.63. The highest BCUT2D eigenvalue weighted by Crippen LogP contribution is 2.35. The first-order valence-electron chi connectivity index (χ1n) is 8.28. The van der Waals surface area contributed by atoms with Gasteiger partial charge in [0, 0.05) is 25.8 Å². The summed E-state index contributed by atoms with van der Waals surface area (Å²) < 4.78 is 49.3. The first-order chi connectivity index (χ1) is 13.7. The number of hydrogen-bond acceptors (Lipinski definition) is 6. The second-order valence-corrected chi connectivity index (χ2v) is 5.74. The molecule has 0 saturated heterocycles. The van der Waals surface area contributed by atoms with Crippen LogP contribution in [0.3, 0.4) is 0 Å². The van der Waals surface area contributed by atoms with Crippen LogP contribution < -0.4 is 15.4 Å². The molecule has 0 atom stereocenters. The average molecular weight is 413 g/mol. The average Bonchev–Trinajstić information content (AvgIpc) is 2.67. The van der Waals surface area contributed by atoms with E-state index in [0.29, 0.717) is 0 Å². The largest absolute Gasteiger partial charge is 0.489 e. The van der Waals surface area contributed by atoms with Crippen LogP contribution >= 0.6 is 0 Å². The number of methoxy groups -OCH3 is 1. The van der Waals surface area contributed by atoms with E-state index in [4.69, 9.17) is 9.47 Å². The molecule has 0 fully saturated rings. The molecule has 0 saturated carbocycles. The molecule has 0 aliphatic carbocycles. The van der Waals surface area contributed by atoms with Crippen molar-refractivity contribution >= 4 is 23.0 Å². The number of nitrogens with zero attached hydrogens (tertiary/aromatic N) is 1. The molecule has 0 aliphatic rings. The zero-order chi connectivity index (χ0) is 21.6. The van der Waals surface area contributed by atoms with Crippen LogP contribution in [0.1, 0.15) is 15.9 Å². The van der Waals surface area contributed by atoms with Crippen molar-refractivity contribution in [2.24, 2.45) is 0 Å². The molecule has 2 aromatic rings. The third-order valence-electron chi connectivity index (χ3n) is 3.83. The maximum atomic E-state index is 13.0. The quantitative estimate of drug-likeness (QED) is 0.386. The monoisotopic (exact) mass is 413 g/mol. The van der Waals surface area contributed by atoms with Crippen molar-refractivity contribution < 1.29 is 32.4 Å². The number of halogens is 3. The molecule has 0 aliphatic heterocycles. The molecule has 0 heterocycles. The molecule has 2 aromatic carbocycles. The van der Waals surface area contributed by atoms with Crippen LogP contribution in [0.2, 0.25) is 0 Å². The van der Waals surface area contributed by atoms with Crippen molar-refractivity contribution in [3.63, 3.8) is 0 Å². The van der Waals surface area contributed by atoms with Gasteiger partial charge in [0.15, 0.2) is 0 Å². The second kappa shape index (κ2) is 9.24. The zero-order valence-corrected chi connectivity index (χ0v) is 15.5. The number of anilines is 2. The van der Waals surface area contributed by atoms with E-state index in [2.05, 4.69) is 10.6 Å². The fourth-order valence-corrected chi connectivity index (χ4v) is 2.39. The molecule has 0 aromatic heterocycles. The third-order valence-corrected chi connectivity index (χ3v) is 3.83. The Balaban J connectivity index is 2.36. The van der Waals surface area contributed by atoms with Gasteiger partial charge in [-0.25, -0.2) is 0 Å². The Kier molecular flexibility index (Phi) is 6.99. The SMILES string of the molecule is CNc1ccc(C(=O)Nc2cc(C(F)(F)F)ccc2OCCOC)cc1[N+](=O)[O-]. The van der Waals surface area contributed by atoms with Crippen molar-refractivity contribution in [2.45, 2.75) is 6.18 Å². The van der Waals surface area contributed by atoms with Crippen molar-refractivity contribution in [3.05, 3.63) is 57.6 Å². The van der Waals surface area contributed by atoms with Crippen molar-refractivity contribution in [1.82, 2.24) is 0 Å². The van der Waals surface area contributed by atoms with Gasteiger partial charge in [-0.1, -0.05) is 0 Å². The Morgan fingerprint density at radius 3 is 2.45 bits per heavy atom. The van der Waals surface area contributed by atoms with Gasteiger partial charge in [0.05, 0.1) is 22.8 Å². The summed E-state index contributed by atoms with van der Waals surface area (Å²) in [5, 5.41) is 16.1. The summed E-state index contributed by atoms with van der Waals surface area (Å²) in [5.41, 5.74) is -1.46. The number of ether oxygens (including phenoxy) is 2. The van der Waals surface area contributed by atoms with E-state index < -0.39 is 22.6 Å². The molecule has 0 radical (unpaired) electrons. The van der Waals surface area contributed by atoms with Gasteiger partial charge >= 0.3 is 6.18 Å². The van der Waals surface area contributed by atoms with Gasteiger partial charge in [0.25, 0.3) is 11.6 Å². The Morgan fingerprint density at radius 1 is 1.14 bits per heavy atom. The molecule has 2 rings (SSSR count). The zero-order valence-electron chi connectivity index (χ0n) is 15.5.